The van der Waals surface area contributed by atoms with Gasteiger partial charge in [0.05, 0.1) is 7.11 Å². The Hall–Kier alpha value is -3.10. The van der Waals surface area contributed by atoms with Gasteiger partial charge in [0.25, 0.3) is 0 Å². The number of ether oxygens (including phenoxy) is 1. The molecule has 9 nitrogen and oxygen atoms in total. The molecule has 2 N–H and O–H groups in total. The molecule has 146 valence electrons. The van der Waals surface area contributed by atoms with Crippen molar-refractivity contribution in [1.82, 2.24) is 24.8 Å². The number of esters is 1. The van der Waals surface area contributed by atoms with Crippen LogP contribution in [0.4, 0.5) is 17.6 Å². The molecule has 0 unspecified atom stereocenters. The number of H-pyrrole nitrogens is 1. The first-order chi connectivity index (χ1) is 13.6. The first-order valence-corrected chi connectivity index (χ1v) is 9.62. The molecule has 3 aromatic heterocycles. The zero-order valence-corrected chi connectivity index (χ0v) is 16.0. The van der Waals surface area contributed by atoms with Crippen LogP contribution in [0.2, 0.25) is 0 Å². The Morgan fingerprint density at radius 1 is 1.43 bits per heavy atom. The molecule has 0 radical (unpaired) electrons. The molecule has 2 aliphatic rings. The minimum Gasteiger partial charge on any atom is -0.467 e. The van der Waals surface area contributed by atoms with Crippen LogP contribution >= 0.6 is 0 Å². The second kappa shape index (κ2) is 6.22. The summed E-state index contributed by atoms with van der Waals surface area (Å²) in [5.41, 5.74) is 1.23. The van der Waals surface area contributed by atoms with E-state index in [0.717, 1.165) is 23.4 Å². The van der Waals surface area contributed by atoms with Gasteiger partial charge in [-0.3, -0.25) is 5.10 Å². The van der Waals surface area contributed by atoms with Crippen molar-refractivity contribution in [2.75, 3.05) is 23.9 Å². The second-order valence-electron chi connectivity index (χ2n) is 7.73. The highest BCUT2D eigenvalue weighted by Crippen LogP contribution is 2.40. The van der Waals surface area contributed by atoms with Crippen molar-refractivity contribution < 1.29 is 9.53 Å². The maximum Gasteiger partial charge on any atom is 0.331 e. The molecule has 4 heterocycles. The number of aromatic amines is 1. The number of aromatic nitrogens is 5. The van der Waals surface area contributed by atoms with Crippen molar-refractivity contribution in [3.05, 3.63) is 30.1 Å². The molecule has 1 aliphatic heterocycles. The van der Waals surface area contributed by atoms with Gasteiger partial charge in [0.15, 0.2) is 11.6 Å². The first kappa shape index (κ1) is 17.0. The molecule has 28 heavy (non-hydrogen) atoms. The average Bonchev–Trinajstić information content (AvgIpc) is 3.07. The van der Waals surface area contributed by atoms with E-state index in [9.17, 15) is 4.79 Å². The number of fused-ring (bicyclic) bond motifs is 1. The Kier molecular flexibility index (Phi) is 3.78. The quantitative estimate of drug-likeness (QED) is 0.655. The molecule has 1 atom stereocenters. The van der Waals surface area contributed by atoms with E-state index in [0.29, 0.717) is 30.6 Å². The summed E-state index contributed by atoms with van der Waals surface area (Å²) in [5, 5.41) is 15.4. The van der Waals surface area contributed by atoms with Crippen LogP contribution in [0.1, 0.15) is 44.2 Å². The lowest BCUT2D eigenvalue weighted by molar-refractivity contribution is -0.146. The number of hydrogen-bond acceptors (Lipinski definition) is 7. The third-order valence-electron chi connectivity index (χ3n) is 5.75. The number of nitrogens with zero attached hydrogens (tertiary/aromatic N) is 5. The van der Waals surface area contributed by atoms with Gasteiger partial charge in [-0.2, -0.15) is 10.1 Å². The molecule has 5 rings (SSSR count). The van der Waals surface area contributed by atoms with E-state index in [1.807, 2.05) is 36.2 Å². The van der Waals surface area contributed by atoms with E-state index < -0.39 is 5.54 Å². The monoisotopic (exact) mass is 381 g/mol. The van der Waals surface area contributed by atoms with E-state index in [4.69, 9.17) is 9.72 Å². The third-order valence-corrected chi connectivity index (χ3v) is 5.75. The van der Waals surface area contributed by atoms with Gasteiger partial charge in [-0.05, 0) is 44.7 Å². The maximum absolute atomic E-state index is 12.4. The molecule has 0 aromatic carbocycles. The molecule has 2 fully saturated rings. The van der Waals surface area contributed by atoms with Crippen molar-refractivity contribution in [2.24, 2.45) is 0 Å². The Morgan fingerprint density at radius 2 is 2.29 bits per heavy atom. The molecule has 0 spiro atoms. The molecule has 9 heteroatoms. The van der Waals surface area contributed by atoms with E-state index in [-0.39, 0.29) is 5.97 Å². The van der Waals surface area contributed by atoms with Crippen LogP contribution in [0.25, 0.3) is 5.52 Å². The van der Waals surface area contributed by atoms with E-state index in [2.05, 4.69) is 20.6 Å². The largest absolute Gasteiger partial charge is 0.467 e. The Labute approximate surface area is 162 Å². The SMILES string of the molecule is COC(=O)[C@]1(C)CCCN1c1nc(Nc2cc(C3CC3)[nH]n2)c2cccn2n1. The highest BCUT2D eigenvalue weighted by molar-refractivity contribution is 5.85. The van der Waals surface area contributed by atoms with Crippen LogP contribution in [0.3, 0.4) is 0 Å². The summed E-state index contributed by atoms with van der Waals surface area (Å²) in [5.74, 6) is 2.21. The predicted octanol–water partition coefficient (Wildman–Crippen LogP) is 2.61. The Bertz CT molecular complexity index is 1040. The lowest BCUT2D eigenvalue weighted by Gasteiger charge is -2.32. The minimum absolute atomic E-state index is 0.267. The number of anilines is 3. The van der Waals surface area contributed by atoms with Crippen molar-refractivity contribution in [3.8, 4) is 0 Å². The third kappa shape index (κ3) is 2.69. The summed E-state index contributed by atoms with van der Waals surface area (Å²) in [7, 11) is 1.42. The lowest BCUT2D eigenvalue weighted by Crippen LogP contribution is -2.49. The van der Waals surface area contributed by atoms with Gasteiger partial charge < -0.3 is 15.0 Å². The number of carbonyl (C=O) groups is 1. The number of carbonyl (C=O) groups excluding carboxylic acids is 1. The highest BCUT2D eigenvalue weighted by atomic mass is 16.5. The number of nitrogens with one attached hydrogen (secondary N) is 2. The average molecular weight is 381 g/mol. The smallest absolute Gasteiger partial charge is 0.331 e. The normalized spacial score (nSPS) is 22.0. The molecular formula is C19H23N7O2. The van der Waals surface area contributed by atoms with Crippen LogP contribution in [0.15, 0.2) is 24.4 Å². The van der Waals surface area contributed by atoms with Crippen LogP contribution < -0.4 is 10.2 Å². The van der Waals surface area contributed by atoms with Crippen LogP contribution in [-0.2, 0) is 9.53 Å². The van der Waals surface area contributed by atoms with Crippen molar-refractivity contribution >= 4 is 29.1 Å². The molecule has 1 saturated heterocycles. The Morgan fingerprint density at radius 3 is 3.07 bits per heavy atom. The van der Waals surface area contributed by atoms with Gasteiger partial charge in [-0.25, -0.2) is 9.31 Å². The topological polar surface area (TPSA) is 100 Å². The zero-order chi connectivity index (χ0) is 19.3. The summed E-state index contributed by atoms with van der Waals surface area (Å²) >= 11 is 0. The van der Waals surface area contributed by atoms with Crippen LogP contribution in [0, 0.1) is 0 Å². The highest BCUT2D eigenvalue weighted by Gasteiger charge is 2.46. The fourth-order valence-electron chi connectivity index (χ4n) is 3.97. The van der Waals surface area contributed by atoms with E-state index in [1.165, 1.54) is 20.0 Å². The minimum atomic E-state index is -0.766. The van der Waals surface area contributed by atoms with Gasteiger partial charge >= 0.3 is 5.97 Å². The second-order valence-corrected chi connectivity index (χ2v) is 7.73. The van der Waals surface area contributed by atoms with Crippen LogP contribution in [0.5, 0.6) is 0 Å². The number of methoxy groups -OCH3 is 1. The maximum atomic E-state index is 12.4. The predicted molar refractivity (Wildman–Crippen MR) is 104 cm³/mol. The van der Waals surface area contributed by atoms with Gasteiger partial charge in [-0.15, -0.1) is 5.10 Å². The summed E-state index contributed by atoms with van der Waals surface area (Å²) in [6.07, 6.45) is 5.88. The Balaban J connectivity index is 1.52. The number of rotatable bonds is 5. The summed E-state index contributed by atoms with van der Waals surface area (Å²) in [6, 6.07) is 5.90. The van der Waals surface area contributed by atoms with E-state index in [1.54, 1.807) is 4.52 Å². The van der Waals surface area contributed by atoms with E-state index >= 15 is 0 Å². The lowest BCUT2D eigenvalue weighted by atomic mass is 9.99. The molecule has 0 bridgehead atoms. The molecule has 1 aliphatic carbocycles. The van der Waals surface area contributed by atoms with Gasteiger partial charge in [0.1, 0.15) is 11.1 Å². The number of hydrogen-bond donors (Lipinski definition) is 2. The van der Waals surface area contributed by atoms with Crippen molar-refractivity contribution in [1.29, 1.82) is 0 Å². The van der Waals surface area contributed by atoms with Crippen molar-refractivity contribution in [2.45, 2.75) is 44.1 Å². The van der Waals surface area contributed by atoms with Crippen molar-refractivity contribution in [3.63, 3.8) is 0 Å². The fourth-order valence-corrected chi connectivity index (χ4v) is 3.97. The summed E-state index contributed by atoms with van der Waals surface area (Å²) in [4.78, 5) is 19.1. The van der Waals surface area contributed by atoms with Gasteiger partial charge in [0, 0.05) is 30.4 Å². The van der Waals surface area contributed by atoms with Crippen LogP contribution in [-0.4, -0.2) is 50.0 Å². The first-order valence-electron chi connectivity index (χ1n) is 9.62. The van der Waals surface area contributed by atoms with Gasteiger partial charge in [-0.1, -0.05) is 0 Å². The fraction of sp³-hybridized carbons (Fsp3) is 0.474. The summed E-state index contributed by atoms with van der Waals surface area (Å²) in [6.45, 7) is 2.59. The molecule has 3 aromatic rings. The molecule has 0 amide bonds. The standard InChI is InChI=1S/C19H23N7O2/c1-19(17(27)28-2)8-4-9-25(19)18-21-16(14-5-3-10-26(14)24-18)20-15-11-13(22-23-15)12-6-7-12/h3,5,10-12H,4,6-9H2,1-2H3,(H2,20,21,22,23,24)/t19-/m0/s1. The summed E-state index contributed by atoms with van der Waals surface area (Å²) < 4.78 is 6.82. The zero-order valence-electron chi connectivity index (χ0n) is 16.0. The van der Waals surface area contributed by atoms with Gasteiger partial charge in [0.2, 0.25) is 5.95 Å². The molecule has 1 saturated carbocycles. The molecular weight excluding hydrogens is 358 g/mol.